The molecular formula is C13H12BrFN2O3S. The molecule has 5 nitrogen and oxygen atoms in total. The number of ether oxygens (including phenoxy) is 1. The van der Waals surface area contributed by atoms with E-state index in [-0.39, 0.29) is 22.0 Å². The second-order valence-electron chi connectivity index (χ2n) is 4.14. The maximum Gasteiger partial charge on any atom is 0.263 e. The molecule has 2 aromatic rings. The normalized spacial score (nSPS) is 11.2. The van der Waals surface area contributed by atoms with Gasteiger partial charge < -0.3 is 10.5 Å². The Kier molecular flexibility index (Phi) is 4.38. The van der Waals surface area contributed by atoms with E-state index in [1.165, 1.54) is 31.4 Å². The molecule has 0 unspecified atom stereocenters. The third-order valence-corrected chi connectivity index (χ3v) is 4.61. The minimum Gasteiger partial charge on any atom is -0.494 e. The third kappa shape index (κ3) is 3.45. The summed E-state index contributed by atoms with van der Waals surface area (Å²) < 4.78 is 45.7. The molecule has 0 atom stereocenters. The topological polar surface area (TPSA) is 81.4 Å². The molecule has 112 valence electrons. The Hall–Kier alpha value is -1.80. The molecule has 0 aromatic heterocycles. The van der Waals surface area contributed by atoms with E-state index in [1.807, 2.05) is 0 Å². The van der Waals surface area contributed by atoms with Crippen LogP contribution in [0.2, 0.25) is 0 Å². The molecule has 0 saturated carbocycles. The van der Waals surface area contributed by atoms with Gasteiger partial charge in [-0.25, -0.2) is 12.8 Å². The molecule has 0 fully saturated rings. The van der Waals surface area contributed by atoms with Crippen LogP contribution in [0.15, 0.2) is 45.8 Å². The van der Waals surface area contributed by atoms with Crippen LogP contribution in [0.25, 0.3) is 0 Å². The fourth-order valence-electron chi connectivity index (χ4n) is 1.70. The van der Waals surface area contributed by atoms with Crippen molar-refractivity contribution < 1.29 is 17.5 Å². The van der Waals surface area contributed by atoms with Gasteiger partial charge in [0.05, 0.1) is 18.5 Å². The molecule has 0 amide bonds. The highest BCUT2D eigenvalue weighted by Crippen LogP contribution is 2.26. The second-order valence-corrected chi connectivity index (χ2v) is 6.70. The number of sulfonamides is 1. The SMILES string of the molecule is COc1ccc(NS(=O)(=O)c2ccc(Br)cc2N)cc1F. The Morgan fingerprint density at radius 3 is 2.52 bits per heavy atom. The number of nitrogens with two attached hydrogens (primary N) is 1. The van der Waals surface area contributed by atoms with Gasteiger partial charge in [0.15, 0.2) is 11.6 Å². The average Bonchev–Trinajstić information content (AvgIpc) is 2.37. The number of benzene rings is 2. The zero-order chi connectivity index (χ0) is 15.6. The predicted octanol–water partition coefficient (Wildman–Crippen LogP) is 2.98. The smallest absolute Gasteiger partial charge is 0.263 e. The van der Waals surface area contributed by atoms with Crippen LogP contribution >= 0.6 is 15.9 Å². The highest BCUT2D eigenvalue weighted by Gasteiger charge is 2.18. The van der Waals surface area contributed by atoms with E-state index in [9.17, 15) is 12.8 Å². The molecule has 21 heavy (non-hydrogen) atoms. The van der Waals surface area contributed by atoms with Gasteiger partial charge in [-0.3, -0.25) is 4.72 Å². The summed E-state index contributed by atoms with van der Waals surface area (Å²) in [6.45, 7) is 0. The Bertz CT molecular complexity index is 781. The zero-order valence-corrected chi connectivity index (χ0v) is 13.3. The molecule has 2 aromatic carbocycles. The third-order valence-electron chi connectivity index (χ3n) is 2.67. The van der Waals surface area contributed by atoms with Crippen molar-refractivity contribution >= 4 is 37.3 Å². The van der Waals surface area contributed by atoms with Crippen LogP contribution < -0.4 is 15.2 Å². The molecule has 0 bridgehead atoms. The van der Waals surface area contributed by atoms with Crippen LogP contribution in [0.4, 0.5) is 15.8 Å². The summed E-state index contributed by atoms with van der Waals surface area (Å²) in [5.74, 6) is -0.636. The summed E-state index contributed by atoms with van der Waals surface area (Å²) in [6.07, 6.45) is 0. The summed E-state index contributed by atoms with van der Waals surface area (Å²) in [7, 11) is -2.58. The minimum absolute atomic E-state index is 0.0288. The van der Waals surface area contributed by atoms with Gasteiger partial charge >= 0.3 is 0 Å². The summed E-state index contributed by atoms with van der Waals surface area (Å²) in [4.78, 5) is -0.0815. The lowest BCUT2D eigenvalue weighted by Crippen LogP contribution is -2.15. The molecule has 0 aliphatic heterocycles. The molecule has 3 N–H and O–H groups in total. The Morgan fingerprint density at radius 2 is 1.95 bits per heavy atom. The van der Waals surface area contributed by atoms with Crippen LogP contribution in [0.3, 0.4) is 0 Å². The standard InChI is InChI=1S/C13H12BrFN2O3S/c1-20-12-4-3-9(7-10(12)15)17-21(18,19)13-5-2-8(14)6-11(13)16/h2-7,17H,16H2,1H3. The number of hydrogen-bond donors (Lipinski definition) is 2. The van der Waals surface area contributed by atoms with E-state index in [4.69, 9.17) is 10.5 Å². The number of hydrogen-bond acceptors (Lipinski definition) is 4. The van der Waals surface area contributed by atoms with Crippen molar-refractivity contribution in [3.63, 3.8) is 0 Å². The van der Waals surface area contributed by atoms with Gasteiger partial charge in [-0.2, -0.15) is 0 Å². The monoisotopic (exact) mass is 374 g/mol. The molecule has 0 radical (unpaired) electrons. The van der Waals surface area contributed by atoms with E-state index >= 15 is 0 Å². The first kappa shape index (κ1) is 15.6. The number of halogens is 2. The summed E-state index contributed by atoms with van der Waals surface area (Å²) in [5, 5.41) is 0. The van der Waals surface area contributed by atoms with Crippen molar-refractivity contribution in [3.8, 4) is 5.75 Å². The van der Waals surface area contributed by atoms with Crippen LogP contribution in [0.5, 0.6) is 5.75 Å². The Balaban J connectivity index is 2.35. The van der Waals surface area contributed by atoms with E-state index in [2.05, 4.69) is 20.7 Å². The first-order chi connectivity index (χ1) is 9.83. The molecule has 0 aliphatic carbocycles. The van der Waals surface area contributed by atoms with Gasteiger partial charge in [0.25, 0.3) is 10.0 Å². The molecular weight excluding hydrogens is 363 g/mol. The number of rotatable bonds is 4. The van der Waals surface area contributed by atoms with E-state index in [1.54, 1.807) is 6.07 Å². The van der Waals surface area contributed by atoms with Gasteiger partial charge in [0, 0.05) is 10.5 Å². The van der Waals surface area contributed by atoms with Crippen LogP contribution in [0.1, 0.15) is 0 Å². The van der Waals surface area contributed by atoms with Crippen molar-refractivity contribution in [3.05, 3.63) is 46.7 Å². The maximum atomic E-state index is 13.6. The molecule has 2 rings (SSSR count). The minimum atomic E-state index is -3.90. The Morgan fingerprint density at radius 1 is 1.24 bits per heavy atom. The fourth-order valence-corrected chi connectivity index (χ4v) is 3.25. The number of methoxy groups -OCH3 is 1. The Labute approximate surface area is 130 Å². The van der Waals surface area contributed by atoms with E-state index in [0.29, 0.717) is 4.47 Å². The van der Waals surface area contributed by atoms with Gasteiger partial charge in [-0.1, -0.05) is 15.9 Å². The zero-order valence-electron chi connectivity index (χ0n) is 10.9. The highest BCUT2D eigenvalue weighted by atomic mass is 79.9. The molecule has 8 heteroatoms. The lowest BCUT2D eigenvalue weighted by Gasteiger charge is -2.11. The van der Waals surface area contributed by atoms with Gasteiger partial charge in [-0.15, -0.1) is 0 Å². The fraction of sp³-hybridized carbons (Fsp3) is 0.0769. The van der Waals surface area contributed by atoms with Gasteiger partial charge in [-0.05, 0) is 30.3 Å². The van der Waals surface area contributed by atoms with Gasteiger partial charge in [0.2, 0.25) is 0 Å². The van der Waals surface area contributed by atoms with Crippen molar-refractivity contribution in [2.45, 2.75) is 4.90 Å². The number of nitrogen functional groups attached to an aromatic ring is 1. The average molecular weight is 375 g/mol. The predicted molar refractivity (Wildman–Crippen MR) is 82.3 cm³/mol. The lowest BCUT2D eigenvalue weighted by atomic mass is 10.3. The number of nitrogens with one attached hydrogen (secondary N) is 1. The summed E-state index contributed by atoms with van der Waals surface area (Å²) in [5.41, 5.74) is 5.86. The van der Waals surface area contributed by atoms with Crippen molar-refractivity contribution in [2.24, 2.45) is 0 Å². The number of anilines is 2. The molecule has 0 spiro atoms. The van der Waals surface area contributed by atoms with Crippen LogP contribution in [-0.2, 0) is 10.0 Å². The molecule has 0 heterocycles. The van der Waals surface area contributed by atoms with Crippen molar-refractivity contribution in [1.29, 1.82) is 0 Å². The van der Waals surface area contributed by atoms with Crippen LogP contribution in [0, 0.1) is 5.82 Å². The quantitative estimate of drug-likeness (QED) is 0.806. The molecule has 0 aliphatic rings. The van der Waals surface area contributed by atoms with E-state index in [0.717, 1.165) is 6.07 Å². The lowest BCUT2D eigenvalue weighted by molar-refractivity contribution is 0.386. The first-order valence-corrected chi connectivity index (χ1v) is 8.02. The van der Waals surface area contributed by atoms with E-state index < -0.39 is 15.8 Å². The largest absolute Gasteiger partial charge is 0.494 e. The van der Waals surface area contributed by atoms with Gasteiger partial charge in [0.1, 0.15) is 4.90 Å². The second kappa shape index (κ2) is 5.90. The van der Waals surface area contributed by atoms with Crippen molar-refractivity contribution in [2.75, 3.05) is 17.6 Å². The highest BCUT2D eigenvalue weighted by molar-refractivity contribution is 9.10. The summed E-state index contributed by atoms with van der Waals surface area (Å²) >= 11 is 3.20. The van der Waals surface area contributed by atoms with Crippen molar-refractivity contribution in [1.82, 2.24) is 0 Å². The summed E-state index contributed by atoms with van der Waals surface area (Å²) in [6, 6.07) is 8.16. The van der Waals surface area contributed by atoms with Crippen LogP contribution in [-0.4, -0.2) is 15.5 Å². The maximum absolute atomic E-state index is 13.6. The first-order valence-electron chi connectivity index (χ1n) is 5.75. The molecule has 0 saturated heterocycles.